The van der Waals surface area contributed by atoms with E-state index in [1.807, 2.05) is 31.3 Å². The van der Waals surface area contributed by atoms with Crippen LogP contribution in [0.25, 0.3) is 0 Å². The van der Waals surface area contributed by atoms with Gasteiger partial charge in [-0.15, -0.1) is 0 Å². The summed E-state index contributed by atoms with van der Waals surface area (Å²) in [6.45, 7) is 4.79. The van der Waals surface area contributed by atoms with E-state index in [4.69, 9.17) is 9.84 Å². The van der Waals surface area contributed by atoms with Crippen LogP contribution in [0.5, 0.6) is 5.75 Å². The van der Waals surface area contributed by atoms with Crippen molar-refractivity contribution in [3.63, 3.8) is 0 Å². The van der Waals surface area contributed by atoms with Gasteiger partial charge in [-0.05, 0) is 32.5 Å². The Morgan fingerprint density at radius 1 is 1.19 bits per heavy atom. The number of ether oxygens (including phenoxy) is 1. The Labute approximate surface area is 97.7 Å². The largest absolute Gasteiger partial charge is 0.492 e. The number of likely N-dealkylation sites (N-methyl/N-ethyl adjacent to an activating group) is 1. The van der Waals surface area contributed by atoms with E-state index in [0.29, 0.717) is 6.61 Å². The predicted octanol–water partition coefficient (Wildman–Crippen LogP) is 1.69. The lowest BCUT2D eigenvalue weighted by Crippen LogP contribution is -2.25. The Balaban J connectivity index is 2.17. The molecule has 0 saturated carbocycles. The van der Waals surface area contributed by atoms with Crippen LogP contribution in [0.15, 0.2) is 24.3 Å². The van der Waals surface area contributed by atoms with Gasteiger partial charge in [0.2, 0.25) is 0 Å². The van der Waals surface area contributed by atoms with Crippen LogP contribution in [-0.4, -0.2) is 43.4 Å². The molecule has 0 bridgehead atoms. The second-order valence-corrected chi connectivity index (χ2v) is 4.04. The van der Waals surface area contributed by atoms with Gasteiger partial charge in [-0.2, -0.15) is 0 Å². The number of hydrogen-bond acceptors (Lipinski definition) is 3. The highest BCUT2D eigenvalue weighted by atomic mass is 16.5. The number of aliphatic hydroxyl groups is 1. The molecule has 90 valence electrons. The first-order valence-corrected chi connectivity index (χ1v) is 5.71. The molecule has 0 unspecified atom stereocenters. The van der Waals surface area contributed by atoms with Crippen LogP contribution in [0, 0.1) is 6.92 Å². The molecule has 0 heterocycles. The topological polar surface area (TPSA) is 32.7 Å². The van der Waals surface area contributed by atoms with Crippen LogP contribution in [0.1, 0.15) is 12.0 Å². The zero-order chi connectivity index (χ0) is 11.8. The lowest BCUT2D eigenvalue weighted by atomic mass is 10.2. The second-order valence-electron chi connectivity index (χ2n) is 4.04. The standard InChI is InChI=1S/C13H21NO2/c1-12-4-6-13(7-5-12)16-11-9-14(2)8-3-10-15/h4-7,15H,3,8-11H2,1-2H3. The van der Waals surface area contributed by atoms with Gasteiger partial charge in [-0.3, -0.25) is 0 Å². The first-order valence-electron chi connectivity index (χ1n) is 5.71. The van der Waals surface area contributed by atoms with Gasteiger partial charge in [0, 0.05) is 19.7 Å². The normalized spacial score (nSPS) is 10.8. The van der Waals surface area contributed by atoms with Gasteiger partial charge in [0.05, 0.1) is 0 Å². The van der Waals surface area contributed by atoms with Crippen molar-refractivity contribution in [3.05, 3.63) is 29.8 Å². The van der Waals surface area contributed by atoms with Gasteiger partial charge in [0.15, 0.2) is 0 Å². The number of hydrogen-bond donors (Lipinski definition) is 1. The smallest absolute Gasteiger partial charge is 0.119 e. The fraction of sp³-hybridized carbons (Fsp3) is 0.538. The summed E-state index contributed by atoms with van der Waals surface area (Å²) in [6.07, 6.45) is 0.820. The Morgan fingerprint density at radius 3 is 2.50 bits per heavy atom. The molecule has 0 spiro atoms. The third kappa shape index (κ3) is 5.14. The fourth-order valence-electron chi connectivity index (χ4n) is 1.41. The molecule has 1 aromatic rings. The van der Waals surface area contributed by atoms with Crippen LogP contribution in [0.2, 0.25) is 0 Å². The molecule has 0 amide bonds. The van der Waals surface area contributed by atoms with Gasteiger partial charge in [0.1, 0.15) is 12.4 Å². The van der Waals surface area contributed by atoms with E-state index < -0.39 is 0 Å². The molecule has 16 heavy (non-hydrogen) atoms. The molecule has 1 rings (SSSR count). The Kier molecular flexibility index (Phi) is 5.90. The van der Waals surface area contributed by atoms with Crippen molar-refractivity contribution in [2.45, 2.75) is 13.3 Å². The molecule has 3 heteroatoms. The number of aliphatic hydroxyl groups excluding tert-OH is 1. The summed E-state index contributed by atoms with van der Waals surface area (Å²) in [6, 6.07) is 8.07. The number of nitrogens with zero attached hydrogens (tertiary/aromatic N) is 1. The summed E-state index contributed by atoms with van der Waals surface area (Å²) >= 11 is 0. The van der Waals surface area contributed by atoms with E-state index in [0.717, 1.165) is 25.3 Å². The van der Waals surface area contributed by atoms with Gasteiger partial charge in [-0.25, -0.2) is 0 Å². The number of rotatable bonds is 7. The average Bonchev–Trinajstić information content (AvgIpc) is 2.29. The zero-order valence-electron chi connectivity index (χ0n) is 10.1. The maximum absolute atomic E-state index is 8.69. The van der Waals surface area contributed by atoms with E-state index in [-0.39, 0.29) is 6.61 Å². The van der Waals surface area contributed by atoms with Crippen molar-refractivity contribution in [1.29, 1.82) is 0 Å². The van der Waals surface area contributed by atoms with Crippen molar-refractivity contribution in [3.8, 4) is 5.75 Å². The molecule has 0 aliphatic carbocycles. The monoisotopic (exact) mass is 223 g/mol. The van der Waals surface area contributed by atoms with Crippen LogP contribution in [0.4, 0.5) is 0 Å². The van der Waals surface area contributed by atoms with Crippen molar-refractivity contribution in [2.24, 2.45) is 0 Å². The molecule has 0 atom stereocenters. The summed E-state index contributed by atoms with van der Waals surface area (Å²) in [5, 5.41) is 8.69. The molecule has 0 radical (unpaired) electrons. The lowest BCUT2D eigenvalue weighted by Gasteiger charge is -2.16. The third-order valence-corrected chi connectivity index (χ3v) is 2.46. The van der Waals surface area contributed by atoms with Crippen molar-refractivity contribution in [1.82, 2.24) is 4.90 Å². The number of aryl methyl sites for hydroxylation is 1. The van der Waals surface area contributed by atoms with Gasteiger partial charge < -0.3 is 14.7 Å². The minimum Gasteiger partial charge on any atom is -0.492 e. The van der Waals surface area contributed by atoms with E-state index in [2.05, 4.69) is 11.8 Å². The van der Waals surface area contributed by atoms with Gasteiger partial charge in [0.25, 0.3) is 0 Å². The molecule has 0 aromatic heterocycles. The van der Waals surface area contributed by atoms with E-state index >= 15 is 0 Å². The minimum atomic E-state index is 0.253. The van der Waals surface area contributed by atoms with Gasteiger partial charge >= 0.3 is 0 Å². The highest BCUT2D eigenvalue weighted by molar-refractivity contribution is 5.26. The summed E-state index contributed by atoms with van der Waals surface area (Å²) < 4.78 is 5.61. The molecular formula is C13H21NO2. The first-order chi connectivity index (χ1) is 7.72. The molecule has 0 aliphatic rings. The highest BCUT2D eigenvalue weighted by Gasteiger charge is 1.98. The summed E-state index contributed by atoms with van der Waals surface area (Å²) in [5.74, 6) is 0.918. The highest BCUT2D eigenvalue weighted by Crippen LogP contribution is 2.10. The molecule has 0 aliphatic heterocycles. The predicted molar refractivity (Wildman–Crippen MR) is 65.9 cm³/mol. The van der Waals surface area contributed by atoms with E-state index in [1.165, 1.54) is 5.56 Å². The molecule has 3 nitrogen and oxygen atoms in total. The molecule has 0 saturated heterocycles. The Bertz CT molecular complexity index is 284. The fourth-order valence-corrected chi connectivity index (χ4v) is 1.41. The minimum absolute atomic E-state index is 0.253. The van der Waals surface area contributed by atoms with Crippen LogP contribution in [0.3, 0.4) is 0 Å². The first kappa shape index (κ1) is 13.0. The van der Waals surface area contributed by atoms with E-state index in [9.17, 15) is 0 Å². The van der Waals surface area contributed by atoms with Gasteiger partial charge in [-0.1, -0.05) is 17.7 Å². The lowest BCUT2D eigenvalue weighted by molar-refractivity contribution is 0.213. The SMILES string of the molecule is Cc1ccc(OCCN(C)CCCO)cc1. The zero-order valence-corrected chi connectivity index (χ0v) is 10.1. The van der Waals surface area contributed by atoms with E-state index in [1.54, 1.807) is 0 Å². The summed E-state index contributed by atoms with van der Waals surface area (Å²) in [4.78, 5) is 2.16. The quantitative estimate of drug-likeness (QED) is 0.763. The summed E-state index contributed by atoms with van der Waals surface area (Å²) in [7, 11) is 2.04. The maximum atomic E-state index is 8.69. The van der Waals surface area contributed by atoms with Crippen molar-refractivity contribution >= 4 is 0 Å². The molecule has 1 aromatic carbocycles. The Morgan fingerprint density at radius 2 is 1.88 bits per heavy atom. The second kappa shape index (κ2) is 7.25. The van der Waals surface area contributed by atoms with Crippen LogP contribution >= 0.6 is 0 Å². The number of benzene rings is 1. The Hall–Kier alpha value is -1.06. The van der Waals surface area contributed by atoms with Crippen LogP contribution < -0.4 is 4.74 Å². The third-order valence-electron chi connectivity index (χ3n) is 2.46. The molecular weight excluding hydrogens is 202 g/mol. The maximum Gasteiger partial charge on any atom is 0.119 e. The summed E-state index contributed by atoms with van der Waals surface area (Å²) in [5.41, 5.74) is 1.24. The molecule has 1 N–H and O–H groups in total. The molecule has 0 fully saturated rings. The van der Waals surface area contributed by atoms with Crippen molar-refractivity contribution in [2.75, 3.05) is 33.4 Å². The average molecular weight is 223 g/mol. The van der Waals surface area contributed by atoms with Crippen molar-refractivity contribution < 1.29 is 9.84 Å². The van der Waals surface area contributed by atoms with Crippen LogP contribution in [-0.2, 0) is 0 Å².